The monoisotopic (exact) mass is 266 g/mol. The van der Waals surface area contributed by atoms with E-state index < -0.39 is 0 Å². The Kier molecular flexibility index (Phi) is 4.07. The van der Waals surface area contributed by atoms with Crippen LogP contribution in [-0.4, -0.2) is 25.0 Å². The minimum atomic E-state index is 0.0521. The molecule has 1 saturated heterocycles. The van der Waals surface area contributed by atoms with E-state index in [2.05, 4.69) is 24.5 Å². The van der Waals surface area contributed by atoms with Gasteiger partial charge in [-0.3, -0.25) is 4.79 Å². The second kappa shape index (κ2) is 5.41. The maximum absolute atomic E-state index is 12.0. The topological polar surface area (TPSA) is 41.1 Å². The molecule has 1 aromatic heterocycles. The van der Waals surface area contributed by atoms with Crippen LogP contribution in [0.4, 0.5) is 0 Å². The van der Waals surface area contributed by atoms with Gasteiger partial charge in [0, 0.05) is 17.5 Å². The molecule has 2 N–H and O–H groups in total. The molecule has 4 heteroatoms. The summed E-state index contributed by atoms with van der Waals surface area (Å²) < 4.78 is 0. The first kappa shape index (κ1) is 13.6. The number of amides is 1. The maximum Gasteiger partial charge on any atom is 0.261 e. The molecule has 1 aliphatic heterocycles. The first-order valence-corrected chi connectivity index (χ1v) is 7.39. The molecule has 2 heterocycles. The Bertz CT molecular complexity index is 425. The van der Waals surface area contributed by atoms with Crippen LogP contribution in [0.15, 0.2) is 12.1 Å². The summed E-state index contributed by atoms with van der Waals surface area (Å²) in [4.78, 5) is 14.0. The Morgan fingerprint density at radius 1 is 1.56 bits per heavy atom. The first-order chi connectivity index (χ1) is 8.49. The largest absolute Gasteiger partial charge is 0.350 e. The maximum atomic E-state index is 12.0. The summed E-state index contributed by atoms with van der Waals surface area (Å²) in [6.07, 6.45) is 2.44. The Morgan fingerprint density at radius 3 is 2.94 bits per heavy atom. The zero-order valence-corrected chi connectivity index (χ0v) is 12.2. The van der Waals surface area contributed by atoms with Crippen molar-refractivity contribution in [1.29, 1.82) is 0 Å². The molecule has 100 valence electrons. The fourth-order valence-electron chi connectivity index (χ4n) is 2.46. The number of piperidine rings is 1. The van der Waals surface area contributed by atoms with Crippen molar-refractivity contribution < 1.29 is 4.79 Å². The summed E-state index contributed by atoms with van der Waals surface area (Å²) in [6.45, 7) is 8.33. The molecule has 1 aliphatic rings. The average Bonchev–Trinajstić information content (AvgIpc) is 2.73. The highest BCUT2D eigenvalue weighted by Crippen LogP contribution is 2.29. The van der Waals surface area contributed by atoms with E-state index in [0.717, 1.165) is 11.4 Å². The Labute approximate surface area is 113 Å². The van der Waals surface area contributed by atoms with E-state index in [-0.39, 0.29) is 11.3 Å². The van der Waals surface area contributed by atoms with Crippen LogP contribution in [0.3, 0.4) is 0 Å². The van der Waals surface area contributed by atoms with Gasteiger partial charge in [0.1, 0.15) is 0 Å². The number of thiophene rings is 1. The van der Waals surface area contributed by atoms with Gasteiger partial charge < -0.3 is 10.6 Å². The molecule has 1 amide bonds. The van der Waals surface area contributed by atoms with Crippen LogP contribution in [-0.2, 0) is 0 Å². The summed E-state index contributed by atoms with van der Waals surface area (Å²) in [6, 6.07) is 4.26. The third-order valence-electron chi connectivity index (χ3n) is 3.76. The number of nitrogens with one attached hydrogen (secondary N) is 2. The Morgan fingerprint density at radius 2 is 2.33 bits per heavy atom. The highest BCUT2D eigenvalue weighted by Gasteiger charge is 2.31. The normalized spacial score (nSPS) is 22.7. The van der Waals surface area contributed by atoms with E-state index >= 15 is 0 Å². The number of aryl methyl sites for hydroxylation is 1. The summed E-state index contributed by atoms with van der Waals surface area (Å²) in [7, 11) is 0. The standard InChI is InChI=1S/C14H22N2OS/c1-10-5-6-11(18-10)13(17)16-9-12-14(2,3)7-4-8-15-12/h5-6,12,15H,4,7-9H2,1-3H3,(H,16,17). The third-order valence-corrected chi connectivity index (χ3v) is 4.76. The van der Waals surface area contributed by atoms with Crippen LogP contribution in [0.25, 0.3) is 0 Å². The molecular weight excluding hydrogens is 244 g/mol. The van der Waals surface area contributed by atoms with Crippen molar-refractivity contribution in [2.45, 2.75) is 39.7 Å². The molecule has 0 aliphatic carbocycles. The van der Waals surface area contributed by atoms with E-state index in [1.54, 1.807) is 11.3 Å². The van der Waals surface area contributed by atoms with Gasteiger partial charge in [0.25, 0.3) is 5.91 Å². The van der Waals surface area contributed by atoms with Gasteiger partial charge in [0.2, 0.25) is 0 Å². The molecule has 0 saturated carbocycles. The molecule has 18 heavy (non-hydrogen) atoms. The highest BCUT2D eigenvalue weighted by molar-refractivity contribution is 7.13. The number of carbonyl (C=O) groups is 1. The van der Waals surface area contributed by atoms with E-state index in [0.29, 0.717) is 12.6 Å². The lowest BCUT2D eigenvalue weighted by molar-refractivity contribution is 0.0933. The summed E-state index contributed by atoms with van der Waals surface area (Å²) in [5.41, 5.74) is 0.261. The van der Waals surface area contributed by atoms with E-state index in [1.807, 2.05) is 19.1 Å². The van der Waals surface area contributed by atoms with Gasteiger partial charge in [-0.25, -0.2) is 0 Å². The average molecular weight is 266 g/mol. The van der Waals surface area contributed by atoms with Gasteiger partial charge in [-0.05, 0) is 43.9 Å². The zero-order chi connectivity index (χ0) is 13.2. The fourth-order valence-corrected chi connectivity index (χ4v) is 3.24. The van der Waals surface area contributed by atoms with E-state index in [4.69, 9.17) is 0 Å². The molecule has 1 atom stereocenters. The Hall–Kier alpha value is -0.870. The molecular formula is C14H22N2OS. The van der Waals surface area contributed by atoms with Crippen molar-refractivity contribution in [2.24, 2.45) is 5.41 Å². The Balaban J connectivity index is 1.89. The molecule has 0 spiro atoms. The summed E-state index contributed by atoms with van der Waals surface area (Å²) in [5, 5.41) is 6.56. The van der Waals surface area contributed by atoms with Gasteiger partial charge >= 0.3 is 0 Å². The smallest absolute Gasteiger partial charge is 0.261 e. The van der Waals surface area contributed by atoms with E-state index in [9.17, 15) is 4.79 Å². The minimum absolute atomic E-state index is 0.0521. The van der Waals surface area contributed by atoms with Crippen LogP contribution in [0, 0.1) is 12.3 Å². The first-order valence-electron chi connectivity index (χ1n) is 6.57. The summed E-state index contributed by atoms with van der Waals surface area (Å²) >= 11 is 1.55. The quantitative estimate of drug-likeness (QED) is 0.883. The molecule has 1 unspecified atom stereocenters. The third kappa shape index (κ3) is 3.12. The minimum Gasteiger partial charge on any atom is -0.350 e. The molecule has 0 radical (unpaired) electrons. The second-order valence-electron chi connectivity index (χ2n) is 5.72. The van der Waals surface area contributed by atoms with Crippen molar-refractivity contribution >= 4 is 17.2 Å². The summed E-state index contributed by atoms with van der Waals surface area (Å²) in [5.74, 6) is 0.0521. The van der Waals surface area contributed by atoms with Gasteiger partial charge in [0.15, 0.2) is 0 Å². The lowest BCUT2D eigenvalue weighted by Gasteiger charge is -2.39. The predicted octanol–water partition coefficient (Wildman–Crippen LogP) is 2.56. The molecule has 1 aromatic rings. The van der Waals surface area contributed by atoms with Gasteiger partial charge in [-0.1, -0.05) is 13.8 Å². The van der Waals surface area contributed by atoms with Crippen LogP contribution in [0.5, 0.6) is 0 Å². The zero-order valence-electron chi connectivity index (χ0n) is 11.4. The van der Waals surface area contributed by atoms with Crippen LogP contribution >= 0.6 is 11.3 Å². The second-order valence-corrected chi connectivity index (χ2v) is 7.01. The number of carbonyl (C=O) groups excluding carboxylic acids is 1. The lowest BCUT2D eigenvalue weighted by atomic mass is 9.77. The lowest BCUT2D eigenvalue weighted by Crippen LogP contribution is -2.52. The van der Waals surface area contributed by atoms with Crippen molar-refractivity contribution in [3.05, 3.63) is 21.9 Å². The van der Waals surface area contributed by atoms with Gasteiger partial charge in [-0.15, -0.1) is 11.3 Å². The fraction of sp³-hybridized carbons (Fsp3) is 0.643. The van der Waals surface area contributed by atoms with E-state index in [1.165, 1.54) is 17.7 Å². The predicted molar refractivity (Wildman–Crippen MR) is 76.2 cm³/mol. The molecule has 0 aromatic carbocycles. The van der Waals surface area contributed by atoms with Crippen molar-refractivity contribution in [2.75, 3.05) is 13.1 Å². The van der Waals surface area contributed by atoms with Crippen LogP contribution < -0.4 is 10.6 Å². The van der Waals surface area contributed by atoms with Crippen molar-refractivity contribution in [3.8, 4) is 0 Å². The van der Waals surface area contributed by atoms with Crippen LogP contribution in [0.1, 0.15) is 41.2 Å². The molecule has 2 rings (SSSR count). The van der Waals surface area contributed by atoms with Crippen molar-refractivity contribution in [1.82, 2.24) is 10.6 Å². The molecule has 0 bridgehead atoms. The van der Waals surface area contributed by atoms with Crippen molar-refractivity contribution in [3.63, 3.8) is 0 Å². The van der Waals surface area contributed by atoms with Gasteiger partial charge in [-0.2, -0.15) is 0 Å². The SMILES string of the molecule is Cc1ccc(C(=O)NCC2NCCCC2(C)C)s1. The van der Waals surface area contributed by atoms with Crippen LogP contribution in [0.2, 0.25) is 0 Å². The van der Waals surface area contributed by atoms with Gasteiger partial charge in [0.05, 0.1) is 4.88 Å². The number of hydrogen-bond acceptors (Lipinski definition) is 3. The highest BCUT2D eigenvalue weighted by atomic mass is 32.1. The number of rotatable bonds is 3. The number of hydrogen-bond donors (Lipinski definition) is 2. The molecule has 1 fully saturated rings. The molecule has 3 nitrogen and oxygen atoms in total.